The Hall–Kier alpha value is -1.35. The molecule has 0 aromatic carbocycles. The lowest BCUT2D eigenvalue weighted by atomic mass is 10.2. The molecule has 182 valence electrons. The molecule has 1 fully saturated rings. The summed E-state index contributed by atoms with van der Waals surface area (Å²) in [6, 6.07) is -0.888. The molecule has 0 saturated carbocycles. The number of nitrogens with one attached hydrogen (secondary N) is 1. The van der Waals surface area contributed by atoms with E-state index in [1.807, 2.05) is 0 Å². The molecule has 0 aliphatic carbocycles. The molecule has 11 heteroatoms. The van der Waals surface area contributed by atoms with Crippen LogP contribution in [0.2, 0.25) is 0 Å². The van der Waals surface area contributed by atoms with E-state index in [1.165, 1.54) is 4.90 Å². The number of ether oxygens (including phenoxy) is 3. The van der Waals surface area contributed by atoms with E-state index in [9.17, 15) is 14.2 Å². The number of hydrogen-bond acceptors (Lipinski definition) is 8. The van der Waals surface area contributed by atoms with Gasteiger partial charge in [-0.3, -0.25) is 9.46 Å². The highest BCUT2D eigenvalue weighted by Crippen LogP contribution is 2.55. The van der Waals surface area contributed by atoms with Crippen LogP contribution in [-0.4, -0.2) is 65.7 Å². The van der Waals surface area contributed by atoms with Gasteiger partial charge in [-0.05, 0) is 69.2 Å². The molecule has 10 nitrogen and oxygen atoms in total. The molecular formula is C20H39N2O8P. The average Bonchev–Trinajstić information content (AvgIpc) is 2.84. The molecule has 0 spiro atoms. The number of amides is 2. The summed E-state index contributed by atoms with van der Waals surface area (Å²) in [5.41, 5.74) is -2.63. The lowest BCUT2D eigenvalue weighted by Gasteiger charge is -2.39. The second kappa shape index (κ2) is 10.1. The smallest absolute Gasteiger partial charge is 0.412 e. The van der Waals surface area contributed by atoms with Crippen molar-refractivity contribution in [3.05, 3.63) is 0 Å². The first-order valence-electron chi connectivity index (χ1n) is 10.5. The number of carbonyl (C=O) groups is 2. The topological polar surface area (TPSA) is 113 Å². The zero-order valence-corrected chi connectivity index (χ0v) is 21.3. The van der Waals surface area contributed by atoms with Gasteiger partial charge < -0.3 is 28.6 Å². The Kier molecular flexibility index (Phi) is 8.99. The molecule has 2 amide bonds. The molecule has 1 N–H and O–H groups in total. The molecule has 0 bridgehead atoms. The van der Waals surface area contributed by atoms with Crippen LogP contribution < -0.4 is 5.32 Å². The molecule has 0 radical (unpaired) electrons. The van der Waals surface area contributed by atoms with Crippen molar-refractivity contribution in [3.63, 3.8) is 0 Å². The fourth-order valence-corrected chi connectivity index (χ4v) is 5.12. The maximum Gasteiger partial charge on any atom is 0.412 e. The van der Waals surface area contributed by atoms with Gasteiger partial charge in [-0.1, -0.05) is 0 Å². The Morgan fingerprint density at radius 3 is 1.97 bits per heavy atom. The van der Waals surface area contributed by atoms with Crippen molar-refractivity contribution in [1.82, 2.24) is 10.2 Å². The van der Waals surface area contributed by atoms with Gasteiger partial charge in [-0.25, -0.2) is 9.59 Å². The van der Waals surface area contributed by atoms with Gasteiger partial charge in [0, 0.05) is 0 Å². The third-order valence-electron chi connectivity index (χ3n) is 4.10. The molecule has 1 aliphatic rings. The number of alkyl carbamates (subject to hydrolysis) is 1. The van der Waals surface area contributed by atoms with Crippen LogP contribution in [0.15, 0.2) is 0 Å². The van der Waals surface area contributed by atoms with Gasteiger partial charge in [-0.15, -0.1) is 0 Å². The summed E-state index contributed by atoms with van der Waals surface area (Å²) in [5, 5.41) is 2.61. The second-order valence-electron chi connectivity index (χ2n) is 9.64. The molecule has 0 aromatic heterocycles. The molecule has 0 unspecified atom stereocenters. The van der Waals surface area contributed by atoms with E-state index < -0.39 is 48.5 Å². The van der Waals surface area contributed by atoms with Crippen LogP contribution in [0.4, 0.5) is 9.59 Å². The van der Waals surface area contributed by atoms with Gasteiger partial charge in [0.15, 0.2) is 5.78 Å². The van der Waals surface area contributed by atoms with Crippen molar-refractivity contribution in [3.8, 4) is 0 Å². The fraction of sp³-hybridized carbons (Fsp3) is 0.900. The van der Waals surface area contributed by atoms with E-state index in [0.717, 1.165) is 0 Å². The standard InChI is InChI=1S/C20H39N2O8P/c1-11-27-31(25,28-12-2)15(21-16(23)29-18(3,4)5)14-13-26-20(9,10)22(14)17(24)30-19(6,7)8/h14-15H,11-13H2,1-10H3,(H,21,23)/t14-,15-/m0/s1. The van der Waals surface area contributed by atoms with Gasteiger partial charge in [0.25, 0.3) is 0 Å². The van der Waals surface area contributed by atoms with Gasteiger partial charge in [0.05, 0.1) is 25.9 Å². The largest absolute Gasteiger partial charge is 0.444 e. The monoisotopic (exact) mass is 466 g/mol. The quantitative estimate of drug-likeness (QED) is 0.547. The summed E-state index contributed by atoms with van der Waals surface area (Å²) < 4.78 is 41.4. The van der Waals surface area contributed by atoms with Gasteiger partial charge >= 0.3 is 19.8 Å². The van der Waals surface area contributed by atoms with Crippen molar-refractivity contribution in [2.45, 2.75) is 98.0 Å². The highest BCUT2D eigenvalue weighted by Gasteiger charge is 2.55. The van der Waals surface area contributed by atoms with Crippen LogP contribution in [0.25, 0.3) is 0 Å². The number of nitrogens with zero attached hydrogens (tertiary/aromatic N) is 1. The number of hydrogen-bond donors (Lipinski definition) is 1. The molecule has 2 atom stereocenters. The first kappa shape index (κ1) is 27.7. The minimum atomic E-state index is -3.92. The molecule has 1 aliphatic heterocycles. The van der Waals surface area contributed by atoms with Crippen molar-refractivity contribution in [2.24, 2.45) is 0 Å². The van der Waals surface area contributed by atoms with Crippen LogP contribution in [0, 0.1) is 0 Å². The van der Waals surface area contributed by atoms with E-state index in [4.69, 9.17) is 23.3 Å². The summed E-state index contributed by atoms with van der Waals surface area (Å²) in [6.45, 7) is 17.2. The summed E-state index contributed by atoms with van der Waals surface area (Å²) in [5.74, 6) is -1.24. The molecule has 31 heavy (non-hydrogen) atoms. The zero-order valence-electron chi connectivity index (χ0n) is 20.4. The normalized spacial score (nSPS) is 20.3. The molecule has 1 heterocycles. The van der Waals surface area contributed by atoms with E-state index in [2.05, 4.69) is 5.32 Å². The van der Waals surface area contributed by atoms with Crippen molar-refractivity contribution >= 4 is 19.8 Å². The molecule has 0 aromatic rings. The number of rotatable bonds is 7. The van der Waals surface area contributed by atoms with Crippen LogP contribution in [-0.2, 0) is 27.8 Å². The Morgan fingerprint density at radius 1 is 1.06 bits per heavy atom. The lowest BCUT2D eigenvalue weighted by molar-refractivity contribution is -0.0631. The van der Waals surface area contributed by atoms with Gasteiger partial charge in [0.2, 0.25) is 0 Å². The SMILES string of the molecule is CCOP(=O)(OCC)[C@H](NC(=O)OC(C)(C)C)[C@@H]1COC(C)(C)N1C(=O)OC(C)(C)C. The van der Waals surface area contributed by atoms with E-state index in [0.29, 0.717) is 0 Å². The third kappa shape index (κ3) is 7.93. The van der Waals surface area contributed by atoms with Crippen LogP contribution >= 0.6 is 7.60 Å². The first-order chi connectivity index (χ1) is 14.0. The molecular weight excluding hydrogens is 427 g/mol. The summed E-state index contributed by atoms with van der Waals surface area (Å²) in [6.07, 6.45) is -1.48. The average molecular weight is 467 g/mol. The zero-order chi connectivity index (χ0) is 24.3. The maximum absolute atomic E-state index is 13.7. The van der Waals surface area contributed by atoms with Gasteiger partial charge in [-0.2, -0.15) is 0 Å². The first-order valence-corrected chi connectivity index (χ1v) is 12.1. The van der Waals surface area contributed by atoms with Crippen molar-refractivity contribution < 1.29 is 37.4 Å². The van der Waals surface area contributed by atoms with E-state index in [-0.39, 0.29) is 19.8 Å². The predicted octanol–water partition coefficient (Wildman–Crippen LogP) is 4.48. The van der Waals surface area contributed by atoms with Gasteiger partial charge in [0.1, 0.15) is 16.9 Å². The Balaban J connectivity index is 3.41. The van der Waals surface area contributed by atoms with E-state index in [1.54, 1.807) is 69.2 Å². The predicted molar refractivity (Wildman–Crippen MR) is 116 cm³/mol. The lowest BCUT2D eigenvalue weighted by Crippen LogP contribution is -2.57. The van der Waals surface area contributed by atoms with E-state index >= 15 is 0 Å². The second-order valence-corrected chi connectivity index (χ2v) is 11.8. The summed E-state index contributed by atoms with van der Waals surface area (Å²) >= 11 is 0. The van der Waals surface area contributed by atoms with Crippen molar-refractivity contribution in [1.29, 1.82) is 0 Å². The minimum Gasteiger partial charge on any atom is -0.444 e. The van der Waals surface area contributed by atoms with Crippen LogP contribution in [0.5, 0.6) is 0 Å². The maximum atomic E-state index is 13.7. The minimum absolute atomic E-state index is 0.0170. The van der Waals surface area contributed by atoms with Crippen LogP contribution in [0.3, 0.4) is 0 Å². The fourth-order valence-electron chi connectivity index (χ4n) is 3.10. The summed E-state index contributed by atoms with van der Waals surface area (Å²) in [4.78, 5) is 27.0. The Morgan fingerprint density at radius 2 is 1.55 bits per heavy atom. The summed E-state index contributed by atoms with van der Waals surface area (Å²) in [7, 11) is -3.92. The number of carbonyl (C=O) groups excluding carboxylic acids is 2. The molecule has 1 rings (SSSR count). The van der Waals surface area contributed by atoms with Crippen molar-refractivity contribution in [2.75, 3.05) is 19.8 Å². The molecule has 1 saturated heterocycles. The Bertz CT molecular complexity index is 674. The third-order valence-corrected chi connectivity index (χ3v) is 6.49. The highest BCUT2D eigenvalue weighted by molar-refractivity contribution is 7.54. The highest BCUT2D eigenvalue weighted by atomic mass is 31.2. The Labute approximate surface area is 185 Å². The van der Waals surface area contributed by atoms with Crippen LogP contribution in [0.1, 0.15) is 69.2 Å².